The summed E-state index contributed by atoms with van der Waals surface area (Å²) in [5.41, 5.74) is 0.275. The van der Waals surface area contributed by atoms with E-state index in [-0.39, 0.29) is 11.1 Å². The van der Waals surface area contributed by atoms with Gasteiger partial charge in [0.25, 0.3) is 11.5 Å². The van der Waals surface area contributed by atoms with E-state index in [4.69, 9.17) is 11.6 Å². The van der Waals surface area contributed by atoms with E-state index in [0.717, 1.165) is 5.75 Å². The molecule has 0 saturated carbocycles. The first-order valence-electron chi connectivity index (χ1n) is 5.95. The molecule has 0 radical (unpaired) electrons. The lowest BCUT2D eigenvalue weighted by molar-refractivity contribution is 0.102. The van der Waals surface area contributed by atoms with Crippen molar-refractivity contribution < 1.29 is 4.79 Å². The van der Waals surface area contributed by atoms with Crippen LogP contribution < -0.4 is 10.9 Å². The number of aromatic nitrogens is 2. The SMILES string of the molecule is O=C(Nc1cccc(Cl)c1)c1cnc2n(c1=O)CCS2. The highest BCUT2D eigenvalue weighted by Gasteiger charge is 2.19. The molecular weight excluding hydrogens is 298 g/mol. The van der Waals surface area contributed by atoms with Gasteiger partial charge in [-0.1, -0.05) is 29.4 Å². The van der Waals surface area contributed by atoms with Gasteiger partial charge in [-0.25, -0.2) is 4.98 Å². The molecule has 1 aromatic carbocycles. The monoisotopic (exact) mass is 307 g/mol. The molecule has 102 valence electrons. The molecule has 1 N–H and O–H groups in total. The fourth-order valence-electron chi connectivity index (χ4n) is 1.94. The normalized spacial score (nSPS) is 13.1. The molecule has 0 saturated heterocycles. The average molecular weight is 308 g/mol. The van der Waals surface area contributed by atoms with E-state index in [0.29, 0.717) is 22.4 Å². The van der Waals surface area contributed by atoms with Crippen LogP contribution in [0.25, 0.3) is 0 Å². The Labute approximate surface area is 124 Å². The molecule has 1 aromatic heterocycles. The standard InChI is InChI=1S/C13H10ClN3O2S/c14-8-2-1-3-9(6-8)16-11(18)10-7-15-13-17(12(10)19)4-5-20-13/h1-3,6-7H,4-5H2,(H,16,18). The number of hydrogen-bond acceptors (Lipinski definition) is 4. The van der Waals surface area contributed by atoms with Crippen molar-refractivity contribution in [1.29, 1.82) is 0 Å². The largest absolute Gasteiger partial charge is 0.322 e. The molecule has 1 aliphatic rings. The molecule has 0 aliphatic carbocycles. The van der Waals surface area contributed by atoms with Crippen molar-refractivity contribution in [3.05, 3.63) is 51.4 Å². The number of carbonyl (C=O) groups excluding carboxylic acids is 1. The topological polar surface area (TPSA) is 64.0 Å². The predicted octanol–water partition coefficient (Wildman–Crippen LogP) is 2.25. The minimum absolute atomic E-state index is 0.0382. The van der Waals surface area contributed by atoms with Crippen molar-refractivity contribution >= 4 is 35.0 Å². The van der Waals surface area contributed by atoms with Gasteiger partial charge in [-0.2, -0.15) is 0 Å². The van der Waals surface area contributed by atoms with Gasteiger partial charge in [-0.3, -0.25) is 14.2 Å². The van der Waals surface area contributed by atoms with Gasteiger partial charge < -0.3 is 5.32 Å². The van der Waals surface area contributed by atoms with Crippen LogP contribution in [0.1, 0.15) is 10.4 Å². The van der Waals surface area contributed by atoms with Crippen molar-refractivity contribution in [1.82, 2.24) is 9.55 Å². The number of rotatable bonds is 2. The number of nitrogens with one attached hydrogen (secondary N) is 1. The minimum atomic E-state index is -0.475. The zero-order valence-corrected chi connectivity index (χ0v) is 11.9. The van der Waals surface area contributed by atoms with Crippen LogP contribution in [-0.2, 0) is 6.54 Å². The molecule has 0 fully saturated rings. The lowest BCUT2D eigenvalue weighted by atomic mass is 10.2. The van der Waals surface area contributed by atoms with E-state index in [2.05, 4.69) is 10.3 Å². The van der Waals surface area contributed by atoms with Gasteiger partial charge in [0.15, 0.2) is 5.16 Å². The van der Waals surface area contributed by atoms with Crippen molar-refractivity contribution in [3.63, 3.8) is 0 Å². The molecule has 5 nitrogen and oxygen atoms in total. The van der Waals surface area contributed by atoms with E-state index in [1.54, 1.807) is 24.3 Å². The molecule has 0 atom stereocenters. The Balaban J connectivity index is 1.90. The van der Waals surface area contributed by atoms with Crippen molar-refractivity contribution in [3.8, 4) is 0 Å². The minimum Gasteiger partial charge on any atom is -0.322 e. The summed E-state index contributed by atoms with van der Waals surface area (Å²) in [5, 5.41) is 3.83. The number of benzene rings is 1. The number of carbonyl (C=O) groups is 1. The van der Waals surface area contributed by atoms with Crippen LogP contribution in [0.5, 0.6) is 0 Å². The highest BCUT2D eigenvalue weighted by Crippen LogP contribution is 2.21. The van der Waals surface area contributed by atoms with Gasteiger partial charge in [0.2, 0.25) is 0 Å². The molecule has 0 bridgehead atoms. The third-order valence-electron chi connectivity index (χ3n) is 2.88. The lowest BCUT2D eigenvalue weighted by Crippen LogP contribution is -2.29. The molecule has 2 aromatic rings. The van der Waals surface area contributed by atoms with Gasteiger partial charge in [0.1, 0.15) is 5.56 Å². The van der Waals surface area contributed by atoms with Gasteiger partial charge in [0, 0.05) is 29.2 Å². The fourth-order valence-corrected chi connectivity index (χ4v) is 3.04. The molecule has 20 heavy (non-hydrogen) atoms. The van der Waals surface area contributed by atoms with E-state index in [1.165, 1.54) is 22.5 Å². The maximum absolute atomic E-state index is 12.2. The van der Waals surface area contributed by atoms with Gasteiger partial charge in [-0.05, 0) is 18.2 Å². The summed E-state index contributed by atoms with van der Waals surface area (Å²) in [7, 11) is 0. The quantitative estimate of drug-likeness (QED) is 0.864. The number of nitrogens with zero attached hydrogens (tertiary/aromatic N) is 2. The van der Waals surface area contributed by atoms with Crippen LogP contribution >= 0.6 is 23.4 Å². The van der Waals surface area contributed by atoms with Crippen molar-refractivity contribution in [2.45, 2.75) is 11.7 Å². The van der Waals surface area contributed by atoms with Crippen LogP contribution in [0.2, 0.25) is 5.02 Å². The molecule has 2 heterocycles. The third-order valence-corrected chi connectivity index (χ3v) is 4.09. The maximum atomic E-state index is 12.2. The number of hydrogen-bond donors (Lipinski definition) is 1. The number of halogens is 1. The second-order valence-electron chi connectivity index (χ2n) is 4.22. The van der Waals surface area contributed by atoms with Crippen LogP contribution in [0.3, 0.4) is 0 Å². The highest BCUT2D eigenvalue weighted by molar-refractivity contribution is 7.99. The molecule has 1 amide bonds. The number of amides is 1. The first-order valence-corrected chi connectivity index (χ1v) is 7.31. The summed E-state index contributed by atoms with van der Waals surface area (Å²) in [5.74, 6) is 0.332. The Kier molecular flexibility index (Phi) is 3.50. The van der Waals surface area contributed by atoms with Crippen LogP contribution in [-0.4, -0.2) is 21.2 Å². The van der Waals surface area contributed by atoms with Gasteiger partial charge in [-0.15, -0.1) is 0 Å². The molecule has 0 spiro atoms. The molecule has 1 aliphatic heterocycles. The molecular formula is C13H10ClN3O2S. The Bertz CT molecular complexity index is 745. The van der Waals surface area contributed by atoms with E-state index in [1.807, 2.05) is 0 Å². The lowest BCUT2D eigenvalue weighted by Gasteiger charge is -2.07. The second-order valence-corrected chi connectivity index (χ2v) is 5.72. The third kappa shape index (κ3) is 2.44. The number of anilines is 1. The summed E-state index contributed by atoms with van der Waals surface area (Å²) in [6.07, 6.45) is 1.33. The van der Waals surface area contributed by atoms with Crippen LogP contribution in [0.4, 0.5) is 5.69 Å². The number of fused-ring (bicyclic) bond motifs is 1. The van der Waals surface area contributed by atoms with Crippen LogP contribution in [0.15, 0.2) is 40.4 Å². The molecule has 7 heteroatoms. The van der Waals surface area contributed by atoms with E-state index >= 15 is 0 Å². The Hall–Kier alpha value is -1.79. The highest BCUT2D eigenvalue weighted by atomic mass is 35.5. The Morgan fingerprint density at radius 3 is 3.10 bits per heavy atom. The van der Waals surface area contributed by atoms with E-state index in [9.17, 15) is 9.59 Å². The van der Waals surface area contributed by atoms with Crippen molar-refractivity contribution in [2.24, 2.45) is 0 Å². The molecule has 3 rings (SSSR count). The zero-order valence-electron chi connectivity index (χ0n) is 10.3. The van der Waals surface area contributed by atoms with E-state index < -0.39 is 5.91 Å². The summed E-state index contributed by atoms with van der Waals surface area (Å²) in [6, 6.07) is 6.76. The molecule has 0 unspecified atom stereocenters. The summed E-state index contributed by atoms with van der Waals surface area (Å²) in [4.78, 5) is 28.5. The second kappa shape index (κ2) is 5.30. The first kappa shape index (κ1) is 13.2. The van der Waals surface area contributed by atoms with Crippen molar-refractivity contribution in [2.75, 3.05) is 11.1 Å². The van der Waals surface area contributed by atoms with Gasteiger partial charge >= 0.3 is 0 Å². The average Bonchev–Trinajstić information content (AvgIpc) is 2.88. The Morgan fingerprint density at radius 1 is 1.45 bits per heavy atom. The predicted molar refractivity (Wildman–Crippen MR) is 78.6 cm³/mol. The van der Waals surface area contributed by atoms with Gasteiger partial charge in [0.05, 0.1) is 0 Å². The summed E-state index contributed by atoms with van der Waals surface area (Å²) >= 11 is 7.36. The fraction of sp³-hybridized carbons (Fsp3) is 0.154. The first-order chi connectivity index (χ1) is 9.65. The zero-order chi connectivity index (χ0) is 14.1. The Morgan fingerprint density at radius 2 is 2.30 bits per heavy atom. The summed E-state index contributed by atoms with van der Waals surface area (Å²) < 4.78 is 1.53. The maximum Gasteiger partial charge on any atom is 0.267 e. The smallest absolute Gasteiger partial charge is 0.267 e. The van der Waals surface area contributed by atoms with Crippen LogP contribution in [0, 0.1) is 0 Å². The number of thioether (sulfide) groups is 1. The summed E-state index contributed by atoms with van der Waals surface area (Å²) in [6.45, 7) is 0.587.